The molecule has 0 aliphatic rings. The molecule has 0 heterocycles. The molecule has 0 aliphatic heterocycles. The number of hydrogen-bond donors (Lipinski definition) is 0. The summed E-state index contributed by atoms with van der Waals surface area (Å²) in [5.74, 6) is -0.104. The van der Waals surface area contributed by atoms with E-state index in [2.05, 4.69) is 0 Å². The first-order valence-corrected chi connectivity index (χ1v) is 5.67. The minimum absolute atomic E-state index is 0.255. The number of halogens is 2. The number of aryl methyl sites for hydroxylation is 1. The second kappa shape index (κ2) is 5.19. The van der Waals surface area contributed by atoms with Crippen LogP contribution in [-0.4, -0.2) is 0 Å². The number of benzene rings is 2. The van der Waals surface area contributed by atoms with E-state index in [-0.39, 0.29) is 18.2 Å². The fraction of sp³-hybridized carbons (Fsp3) is 0.143. The standard InChI is InChI=1S/C14H12ClFO/c1-10-6-7-13(16)14(8-10)17-9-11-4-2-3-5-12(11)15/h2-8H,9H2,1H3. The van der Waals surface area contributed by atoms with Gasteiger partial charge in [0.15, 0.2) is 11.6 Å². The minimum Gasteiger partial charge on any atom is -0.486 e. The van der Waals surface area contributed by atoms with E-state index in [0.717, 1.165) is 11.1 Å². The Morgan fingerprint density at radius 3 is 2.71 bits per heavy atom. The lowest BCUT2D eigenvalue weighted by Crippen LogP contribution is -1.98. The quantitative estimate of drug-likeness (QED) is 0.786. The van der Waals surface area contributed by atoms with Crippen LogP contribution in [0.4, 0.5) is 4.39 Å². The Morgan fingerprint density at radius 2 is 1.94 bits per heavy atom. The Balaban J connectivity index is 2.12. The van der Waals surface area contributed by atoms with Gasteiger partial charge in [0.1, 0.15) is 6.61 Å². The Hall–Kier alpha value is -1.54. The molecule has 0 spiro atoms. The summed E-state index contributed by atoms with van der Waals surface area (Å²) in [5.41, 5.74) is 1.80. The first kappa shape index (κ1) is 11.9. The Labute approximate surface area is 105 Å². The van der Waals surface area contributed by atoms with Gasteiger partial charge in [-0.2, -0.15) is 0 Å². The van der Waals surface area contributed by atoms with Crippen molar-refractivity contribution in [2.75, 3.05) is 0 Å². The first-order chi connectivity index (χ1) is 8.16. The average molecular weight is 251 g/mol. The summed E-state index contributed by atoms with van der Waals surface area (Å²) >= 11 is 5.99. The fourth-order valence-electron chi connectivity index (χ4n) is 1.49. The van der Waals surface area contributed by atoms with E-state index < -0.39 is 0 Å². The molecule has 0 aromatic heterocycles. The fourth-order valence-corrected chi connectivity index (χ4v) is 1.68. The maximum absolute atomic E-state index is 13.4. The molecule has 2 aromatic rings. The van der Waals surface area contributed by atoms with Crippen LogP contribution in [0.2, 0.25) is 5.02 Å². The van der Waals surface area contributed by atoms with Gasteiger partial charge in [-0.25, -0.2) is 4.39 Å². The van der Waals surface area contributed by atoms with Crippen LogP contribution < -0.4 is 4.74 Å². The van der Waals surface area contributed by atoms with E-state index in [4.69, 9.17) is 16.3 Å². The Bertz CT molecular complexity index is 525. The van der Waals surface area contributed by atoms with Crippen molar-refractivity contribution < 1.29 is 9.13 Å². The molecule has 0 saturated carbocycles. The highest BCUT2D eigenvalue weighted by Gasteiger charge is 2.05. The molecule has 3 heteroatoms. The summed E-state index contributed by atoms with van der Waals surface area (Å²) in [6.45, 7) is 2.15. The van der Waals surface area contributed by atoms with Gasteiger partial charge >= 0.3 is 0 Å². The van der Waals surface area contributed by atoms with Crippen molar-refractivity contribution in [1.29, 1.82) is 0 Å². The van der Waals surface area contributed by atoms with Gasteiger partial charge in [0.05, 0.1) is 0 Å². The minimum atomic E-state index is -0.359. The van der Waals surface area contributed by atoms with Crippen molar-refractivity contribution in [3.05, 3.63) is 64.4 Å². The molecular formula is C14H12ClFO. The predicted octanol–water partition coefficient (Wildman–Crippen LogP) is 4.37. The lowest BCUT2D eigenvalue weighted by atomic mass is 10.2. The molecule has 0 radical (unpaired) electrons. The average Bonchev–Trinajstić information content (AvgIpc) is 2.32. The lowest BCUT2D eigenvalue weighted by molar-refractivity contribution is 0.290. The van der Waals surface area contributed by atoms with Crippen LogP contribution in [0.1, 0.15) is 11.1 Å². The molecule has 0 N–H and O–H groups in total. The maximum atomic E-state index is 13.4. The third-order valence-electron chi connectivity index (χ3n) is 2.43. The van der Waals surface area contributed by atoms with Gasteiger partial charge in [-0.1, -0.05) is 35.9 Å². The largest absolute Gasteiger partial charge is 0.486 e. The topological polar surface area (TPSA) is 9.23 Å². The third-order valence-corrected chi connectivity index (χ3v) is 2.80. The van der Waals surface area contributed by atoms with Gasteiger partial charge < -0.3 is 4.74 Å². The zero-order valence-electron chi connectivity index (χ0n) is 9.41. The Kier molecular flexibility index (Phi) is 3.64. The van der Waals surface area contributed by atoms with Gasteiger partial charge in [-0.05, 0) is 30.7 Å². The van der Waals surface area contributed by atoms with E-state index in [0.29, 0.717) is 5.02 Å². The van der Waals surface area contributed by atoms with Gasteiger partial charge in [0.25, 0.3) is 0 Å². The molecule has 17 heavy (non-hydrogen) atoms. The van der Waals surface area contributed by atoms with E-state index in [1.165, 1.54) is 6.07 Å². The highest BCUT2D eigenvalue weighted by atomic mass is 35.5. The van der Waals surface area contributed by atoms with E-state index in [9.17, 15) is 4.39 Å². The molecular weight excluding hydrogens is 239 g/mol. The maximum Gasteiger partial charge on any atom is 0.165 e. The second-order valence-corrected chi connectivity index (χ2v) is 4.22. The molecule has 88 valence electrons. The lowest BCUT2D eigenvalue weighted by Gasteiger charge is -2.09. The molecule has 0 aliphatic carbocycles. The van der Waals surface area contributed by atoms with Gasteiger partial charge in [0, 0.05) is 10.6 Å². The molecule has 2 rings (SSSR count). The van der Waals surface area contributed by atoms with Crippen molar-refractivity contribution in [3.63, 3.8) is 0 Å². The van der Waals surface area contributed by atoms with Crippen molar-refractivity contribution in [2.45, 2.75) is 13.5 Å². The van der Waals surface area contributed by atoms with Crippen LogP contribution in [0.25, 0.3) is 0 Å². The van der Waals surface area contributed by atoms with Crippen LogP contribution in [0.15, 0.2) is 42.5 Å². The summed E-state index contributed by atoms with van der Waals surface area (Å²) in [5, 5.41) is 0.626. The number of hydrogen-bond acceptors (Lipinski definition) is 1. The van der Waals surface area contributed by atoms with Crippen LogP contribution in [0, 0.1) is 12.7 Å². The predicted molar refractivity (Wildman–Crippen MR) is 66.9 cm³/mol. The normalized spacial score (nSPS) is 10.3. The molecule has 1 nitrogen and oxygen atoms in total. The summed E-state index contributed by atoms with van der Waals surface area (Å²) in [4.78, 5) is 0. The van der Waals surface area contributed by atoms with E-state index >= 15 is 0 Å². The van der Waals surface area contributed by atoms with Gasteiger partial charge in [-0.3, -0.25) is 0 Å². The monoisotopic (exact) mass is 250 g/mol. The Morgan fingerprint density at radius 1 is 1.18 bits per heavy atom. The summed E-state index contributed by atoms with van der Waals surface area (Å²) in [7, 11) is 0. The van der Waals surface area contributed by atoms with Gasteiger partial charge in [0.2, 0.25) is 0 Å². The highest BCUT2D eigenvalue weighted by molar-refractivity contribution is 6.31. The SMILES string of the molecule is Cc1ccc(F)c(OCc2ccccc2Cl)c1. The van der Waals surface area contributed by atoms with Crippen LogP contribution in [0.5, 0.6) is 5.75 Å². The summed E-state index contributed by atoms with van der Waals surface area (Å²) < 4.78 is 18.8. The van der Waals surface area contributed by atoms with Crippen molar-refractivity contribution >= 4 is 11.6 Å². The summed E-state index contributed by atoms with van der Waals surface area (Å²) in [6.07, 6.45) is 0. The van der Waals surface area contributed by atoms with Crippen LogP contribution >= 0.6 is 11.6 Å². The zero-order chi connectivity index (χ0) is 12.3. The molecule has 0 fully saturated rings. The zero-order valence-corrected chi connectivity index (χ0v) is 10.2. The summed E-state index contributed by atoms with van der Waals surface area (Å²) in [6, 6.07) is 12.1. The van der Waals surface area contributed by atoms with E-state index in [1.54, 1.807) is 18.2 Å². The molecule has 0 amide bonds. The number of ether oxygens (including phenoxy) is 1. The number of rotatable bonds is 3. The van der Waals surface area contributed by atoms with E-state index in [1.807, 2.05) is 25.1 Å². The molecule has 0 saturated heterocycles. The molecule has 2 aromatic carbocycles. The smallest absolute Gasteiger partial charge is 0.165 e. The van der Waals surface area contributed by atoms with Crippen molar-refractivity contribution in [2.24, 2.45) is 0 Å². The first-order valence-electron chi connectivity index (χ1n) is 5.29. The third kappa shape index (κ3) is 2.98. The van der Waals surface area contributed by atoms with Gasteiger partial charge in [-0.15, -0.1) is 0 Å². The van der Waals surface area contributed by atoms with Crippen molar-refractivity contribution in [3.8, 4) is 5.75 Å². The second-order valence-electron chi connectivity index (χ2n) is 3.81. The molecule has 0 atom stereocenters. The van der Waals surface area contributed by atoms with Crippen LogP contribution in [0.3, 0.4) is 0 Å². The molecule has 0 unspecified atom stereocenters. The van der Waals surface area contributed by atoms with Crippen LogP contribution in [-0.2, 0) is 6.61 Å². The van der Waals surface area contributed by atoms with Crippen molar-refractivity contribution in [1.82, 2.24) is 0 Å². The molecule has 0 bridgehead atoms. The highest BCUT2D eigenvalue weighted by Crippen LogP contribution is 2.22.